The molecule has 9 heteroatoms. The van der Waals surface area contributed by atoms with Gasteiger partial charge in [0.1, 0.15) is 17.1 Å². The molecule has 0 spiro atoms. The van der Waals surface area contributed by atoms with Crippen LogP contribution in [0.2, 0.25) is 0 Å². The summed E-state index contributed by atoms with van der Waals surface area (Å²) in [6, 6.07) is 15.0. The van der Waals surface area contributed by atoms with Gasteiger partial charge in [0.25, 0.3) is 0 Å². The lowest BCUT2D eigenvalue weighted by molar-refractivity contribution is 0.131. The number of nitrogens with one attached hydrogen (secondary N) is 2. The summed E-state index contributed by atoms with van der Waals surface area (Å²) in [4.78, 5) is 18.1. The molecule has 0 fully saturated rings. The monoisotopic (exact) mass is 503 g/mol. The molecule has 0 radical (unpaired) electrons. The Balaban J connectivity index is 1.28. The number of aromatic nitrogens is 3. The smallest absolute Gasteiger partial charge is 0.324 e. The maximum atomic E-state index is 12.4. The van der Waals surface area contributed by atoms with Crippen LogP contribution in [-0.2, 0) is 5.41 Å². The van der Waals surface area contributed by atoms with Gasteiger partial charge in [0, 0.05) is 28.9 Å². The molecule has 0 bridgehead atoms. The fraction of sp³-hybridized carbons (Fsp3) is 0.296. The lowest BCUT2D eigenvalue weighted by atomic mass is 9.93. The van der Waals surface area contributed by atoms with Gasteiger partial charge in [-0.2, -0.15) is 0 Å². The minimum atomic E-state index is -0.389. The minimum absolute atomic E-state index is 0.184. The van der Waals surface area contributed by atoms with E-state index in [1.165, 1.54) is 0 Å². The third-order valence-corrected chi connectivity index (χ3v) is 6.44. The lowest BCUT2D eigenvalue weighted by Gasteiger charge is -2.21. The number of nitrogens with zero attached hydrogens (tertiary/aromatic N) is 3. The van der Waals surface area contributed by atoms with Crippen LogP contribution in [0.5, 0.6) is 5.75 Å². The third-order valence-electron chi connectivity index (χ3n) is 5.42. The Morgan fingerprint density at radius 2 is 1.75 bits per heavy atom. The Bertz CT molecular complexity index is 1550. The first-order valence-corrected chi connectivity index (χ1v) is 12.5. The van der Waals surface area contributed by atoms with E-state index in [1.807, 2.05) is 78.1 Å². The van der Waals surface area contributed by atoms with E-state index in [0.717, 1.165) is 32.2 Å². The van der Waals surface area contributed by atoms with Crippen LogP contribution in [0.1, 0.15) is 47.3 Å². The van der Waals surface area contributed by atoms with Crippen molar-refractivity contribution in [3.05, 3.63) is 60.5 Å². The minimum Gasteiger partial charge on any atom is -0.488 e. The van der Waals surface area contributed by atoms with Gasteiger partial charge in [-0.15, -0.1) is 0 Å². The SMILES string of the molecule is CC(C)(C)Oc1ccc2c(c1)sc1nc(-c3ccc(NC(=O)Nc4cc(C(C)(C)C)on4)cc3)cn12. The predicted octanol–water partition coefficient (Wildman–Crippen LogP) is 7.32. The second-order valence-electron chi connectivity index (χ2n) is 10.7. The summed E-state index contributed by atoms with van der Waals surface area (Å²) in [7, 11) is 0. The van der Waals surface area contributed by atoms with Crippen molar-refractivity contribution < 1.29 is 14.1 Å². The van der Waals surface area contributed by atoms with Crippen molar-refractivity contribution in [2.24, 2.45) is 0 Å². The van der Waals surface area contributed by atoms with Crippen molar-refractivity contribution in [1.82, 2.24) is 14.5 Å². The summed E-state index contributed by atoms with van der Waals surface area (Å²) in [5, 5.41) is 9.43. The van der Waals surface area contributed by atoms with Crippen LogP contribution in [0.3, 0.4) is 0 Å². The van der Waals surface area contributed by atoms with Crippen LogP contribution in [-0.4, -0.2) is 26.2 Å². The van der Waals surface area contributed by atoms with Crippen LogP contribution >= 0.6 is 11.3 Å². The van der Waals surface area contributed by atoms with Crippen molar-refractivity contribution in [3.63, 3.8) is 0 Å². The maximum absolute atomic E-state index is 12.4. The number of fused-ring (bicyclic) bond motifs is 3. The molecule has 0 atom stereocenters. The Kier molecular flexibility index (Phi) is 5.75. The average molecular weight is 504 g/mol. The standard InChI is InChI=1S/C27H29N5O3S/c1-26(2,3)22-14-23(31-35-22)30-24(33)28-17-9-7-16(8-10-17)19-15-32-20-12-11-18(34-27(4,5)6)13-21(20)36-25(32)29-19/h7-15H,1-6H3,(H2,28,30,31,33). The molecule has 8 nitrogen and oxygen atoms in total. The van der Waals surface area contributed by atoms with E-state index < -0.39 is 0 Å². The summed E-state index contributed by atoms with van der Waals surface area (Å²) in [5.41, 5.74) is 3.15. The average Bonchev–Trinajstić information content (AvgIpc) is 3.47. The van der Waals surface area contributed by atoms with Crippen LogP contribution in [0.25, 0.3) is 26.4 Å². The summed E-state index contributed by atoms with van der Waals surface area (Å²) in [6.07, 6.45) is 2.03. The molecule has 36 heavy (non-hydrogen) atoms. The zero-order valence-electron chi connectivity index (χ0n) is 21.2. The quantitative estimate of drug-likeness (QED) is 0.268. The van der Waals surface area contributed by atoms with Gasteiger partial charge in [-0.1, -0.05) is 49.4 Å². The summed E-state index contributed by atoms with van der Waals surface area (Å²) >= 11 is 1.63. The second-order valence-corrected chi connectivity index (χ2v) is 11.7. The number of hydrogen-bond donors (Lipinski definition) is 2. The number of benzene rings is 2. The molecule has 3 heterocycles. The molecular formula is C27H29N5O3S. The van der Waals surface area contributed by atoms with E-state index in [-0.39, 0.29) is 17.0 Å². The van der Waals surface area contributed by atoms with Gasteiger partial charge >= 0.3 is 6.03 Å². The van der Waals surface area contributed by atoms with Gasteiger partial charge in [0.2, 0.25) is 0 Å². The highest BCUT2D eigenvalue weighted by atomic mass is 32.1. The fourth-order valence-electron chi connectivity index (χ4n) is 3.73. The van der Waals surface area contributed by atoms with Crippen molar-refractivity contribution >= 4 is 44.1 Å². The molecule has 0 unspecified atom stereocenters. The number of carbonyl (C=O) groups excluding carboxylic acids is 1. The maximum Gasteiger partial charge on any atom is 0.324 e. The number of anilines is 2. The molecule has 186 valence electrons. The number of imidazole rings is 1. The van der Waals surface area contributed by atoms with E-state index in [1.54, 1.807) is 17.4 Å². The second kappa shape index (κ2) is 8.67. The largest absolute Gasteiger partial charge is 0.488 e. The van der Waals surface area contributed by atoms with E-state index in [2.05, 4.69) is 32.3 Å². The number of ether oxygens (including phenoxy) is 1. The highest BCUT2D eigenvalue weighted by Crippen LogP contribution is 2.33. The zero-order valence-corrected chi connectivity index (χ0v) is 22.0. The van der Waals surface area contributed by atoms with Gasteiger partial charge in [0.15, 0.2) is 10.8 Å². The molecular weight excluding hydrogens is 474 g/mol. The zero-order chi connectivity index (χ0) is 25.7. The van der Waals surface area contributed by atoms with Crippen LogP contribution in [0, 0.1) is 0 Å². The van der Waals surface area contributed by atoms with Gasteiger partial charge in [-0.05, 0) is 51.1 Å². The Hall–Kier alpha value is -3.85. The number of amides is 2. The van der Waals surface area contributed by atoms with Crippen LogP contribution < -0.4 is 15.4 Å². The summed E-state index contributed by atoms with van der Waals surface area (Å²) < 4.78 is 14.5. The van der Waals surface area contributed by atoms with E-state index in [0.29, 0.717) is 17.3 Å². The fourth-order valence-corrected chi connectivity index (χ4v) is 4.76. The van der Waals surface area contributed by atoms with Gasteiger partial charge in [0.05, 0.1) is 15.9 Å². The molecule has 2 amide bonds. The highest BCUT2D eigenvalue weighted by Gasteiger charge is 2.20. The first-order chi connectivity index (χ1) is 16.9. The molecule has 2 aromatic carbocycles. The number of thiazole rings is 1. The molecule has 0 aliphatic rings. The Morgan fingerprint density at radius 1 is 1.00 bits per heavy atom. The first-order valence-electron chi connectivity index (χ1n) is 11.7. The van der Waals surface area contributed by atoms with Crippen molar-refractivity contribution in [2.45, 2.75) is 52.6 Å². The Morgan fingerprint density at radius 3 is 2.42 bits per heavy atom. The van der Waals surface area contributed by atoms with E-state index in [9.17, 15) is 4.79 Å². The Labute approximate surface area is 213 Å². The topological polar surface area (TPSA) is 93.7 Å². The number of urea groups is 1. The predicted molar refractivity (Wildman–Crippen MR) is 144 cm³/mol. The van der Waals surface area contributed by atoms with Gasteiger partial charge < -0.3 is 14.6 Å². The normalized spacial score (nSPS) is 12.3. The summed E-state index contributed by atoms with van der Waals surface area (Å²) in [6.45, 7) is 12.2. The van der Waals surface area contributed by atoms with Gasteiger partial charge in [-0.3, -0.25) is 9.72 Å². The molecule has 0 aliphatic heterocycles. The van der Waals surface area contributed by atoms with Crippen LogP contribution in [0.4, 0.5) is 16.3 Å². The lowest BCUT2D eigenvalue weighted by Crippen LogP contribution is -2.22. The van der Waals surface area contributed by atoms with E-state index >= 15 is 0 Å². The van der Waals surface area contributed by atoms with E-state index in [4.69, 9.17) is 14.2 Å². The van der Waals surface area contributed by atoms with Crippen molar-refractivity contribution in [1.29, 1.82) is 0 Å². The number of hydrogen-bond acceptors (Lipinski definition) is 6. The molecule has 0 aliphatic carbocycles. The highest BCUT2D eigenvalue weighted by molar-refractivity contribution is 7.23. The molecule has 3 aromatic heterocycles. The molecule has 2 N–H and O–H groups in total. The first kappa shape index (κ1) is 23.9. The number of carbonyl (C=O) groups is 1. The molecule has 5 rings (SSSR count). The molecule has 5 aromatic rings. The summed E-state index contributed by atoms with van der Waals surface area (Å²) in [5.74, 6) is 1.93. The third kappa shape index (κ3) is 5.06. The van der Waals surface area contributed by atoms with Crippen molar-refractivity contribution in [2.75, 3.05) is 10.6 Å². The van der Waals surface area contributed by atoms with Crippen molar-refractivity contribution in [3.8, 4) is 17.0 Å². The molecule has 0 saturated carbocycles. The van der Waals surface area contributed by atoms with Crippen LogP contribution in [0.15, 0.2) is 59.3 Å². The van der Waals surface area contributed by atoms with Gasteiger partial charge in [-0.25, -0.2) is 9.78 Å². The number of rotatable bonds is 4. The molecule has 0 saturated heterocycles.